The maximum Gasteiger partial charge on any atom is 0.270 e. The molecule has 0 unspecified atom stereocenters. The number of hydrogen-bond acceptors (Lipinski definition) is 4. The van der Waals surface area contributed by atoms with E-state index in [1.54, 1.807) is 24.3 Å². The van der Waals surface area contributed by atoms with Gasteiger partial charge in [0, 0.05) is 28.3 Å². The molecule has 0 amide bonds. The minimum absolute atomic E-state index is 0.0823. The Morgan fingerprint density at radius 2 is 1.82 bits per heavy atom. The number of benzene rings is 2. The van der Waals surface area contributed by atoms with Gasteiger partial charge in [0.05, 0.1) is 12.2 Å². The Labute approximate surface area is 167 Å². The van der Waals surface area contributed by atoms with Crippen LogP contribution in [0.15, 0.2) is 53.3 Å². The summed E-state index contributed by atoms with van der Waals surface area (Å²) in [5, 5.41) is 5.07. The molecule has 3 rings (SSSR count). The van der Waals surface area contributed by atoms with E-state index in [0.717, 1.165) is 5.56 Å². The van der Waals surface area contributed by atoms with Crippen LogP contribution in [0.25, 0.3) is 11.3 Å². The molecule has 2 aromatic carbocycles. The molecule has 5 nitrogen and oxygen atoms in total. The summed E-state index contributed by atoms with van der Waals surface area (Å²) >= 11 is 6.25. The first-order chi connectivity index (χ1) is 13.5. The molecule has 3 aromatic rings. The van der Waals surface area contributed by atoms with Crippen molar-refractivity contribution in [2.24, 2.45) is 11.5 Å². The number of halogens is 2. The van der Waals surface area contributed by atoms with E-state index < -0.39 is 0 Å². The Balaban J connectivity index is 2.10. The van der Waals surface area contributed by atoms with Crippen molar-refractivity contribution in [2.45, 2.75) is 25.9 Å². The lowest BCUT2D eigenvalue weighted by atomic mass is 10.0. The van der Waals surface area contributed by atoms with Crippen molar-refractivity contribution in [3.63, 3.8) is 0 Å². The van der Waals surface area contributed by atoms with Crippen molar-refractivity contribution >= 4 is 11.6 Å². The molecule has 146 valence electrons. The molecule has 0 radical (unpaired) electrons. The molecular weight excluding hydrogens is 379 g/mol. The number of nitrogens with zero attached hydrogens (tertiary/aromatic N) is 2. The summed E-state index contributed by atoms with van der Waals surface area (Å²) < 4.78 is 15.2. The van der Waals surface area contributed by atoms with E-state index in [1.165, 1.54) is 10.7 Å². The Bertz CT molecular complexity index is 1040. The molecule has 0 spiro atoms. The van der Waals surface area contributed by atoms with Gasteiger partial charge in [0.25, 0.3) is 5.56 Å². The molecule has 7 heteroatoms. The fraction of sp³-hybridized carbons (Fsp3) is 0.238. The quantitative estimate of drug-likeness (QED) is 0.638. The molecule has 28 heavy (non-hydrogen) atoms. The summed E-state index contributed by atoms with van der Waals surface area (Å²) in [7, 11) is 0. The highest BCUT2D eigenvalue weighted by Crippen LogP contribution is 2.21. The van der Waals surface area contributed by atoms with E-state index in [4.69, 9.17) is 23.1 Å². The van der Waals surface area contributed by atoms with Gasteiger partial charge in [0.2, 0.25) is 0 Å². The molecule has 0 aliphatic heterocycles. The maximum atomic E-state index is 13.8. The van der Waals surface area contributed by atoms with Gasteiger partial charge in [-0.05, 0) is 55.3 Å². The molecule has 0 saturated carbocycles. The molecule has 0 aliphatic carbocycles. The van der Waals surface area contributed by atoms with Crippen molar-refractivity contribution in [2.75, 3.05) is 6.54 Å². The van der Waals surface area contributed by atoms with Crippen LogP contribution in [0.5, 0.6) is 0 Å². The highest BCUT2D eigenvalue weighted by molar-refractivity contribution is 6.31. The summed E-state index contributed by atoms with van der Waals surface area (Å²) in [6.07, 6.45) is 1.22. The second kappa shape index (κ2) is 9.10. The average molecular weight is 401 g/mol. The lowest BCUT2D eigenvalue weighted by molar-refractivity contribution is 0.610. The van der Waals surface area contributed by atoms with E-state index >= 15 is 0 Å². The van der Waals surface area contributed by atoms with Gasteiger partial charge in [-0.2, -0.15) is 5.10 Å². The number of rotatable bonds is 7. The van der Waals surface area contributed by atoms with E-state index in [1.807, 2.05) is 18.2 Å². The molecule has 1 aromatic heterocycles. The molecule has 0 saturated heterocycles. The zero-order valence-corrected chi connectivity index (χ0v) is 16.1. The van der Waals surface area contributed by atoms with Crippen LogP contribution in [-0.4, -0.2) is 16.3 Å². The van der Waals surface area contributed by atoms with E-state index in [-0.39, 0.29) is 24.5 Å². The lowest BCUT2D eigenvalue weighted by Gasteiger charge is -2.12. The third-order valence-electron chi connectivity index (χ3n) is 4.54. The average Bonchev–Trinajstić information content (AvgIpc) is 2.70. The molecule has 4 N–H and O–H groups in total. The van der Waals surface area contributed by atoms with Gasteiger partial charge >= 0.3 is 0 Å². The first-order valence-electron chi connectivity index (χ1n) is 9.07. The number of aromatic nitrogens is 2. The van der Waals surface area contributed by atoms with Crippen molar-refractivity contribution in [1.29, 1.82) is 0 Å². The van der Waals surface area contributed by atoms with Gasteiger partial charge in [-0.3, -0.25) is 4.79 Å². The third kappa shape index (κ3) is 4.47. The Morgan fingerprint density at radius 1 is 1.04 bits per heavy atom. The topological polar surface area (TPSA) is 86.9 Å². The standard InChI is InChI=1S/C21H22ClFN4O/c22-18-6-2-1-4-16(18)13-27-21(28)15(5-3-9-24)11-20(26-27)14-7-8-19(23)17(10-14)12-25/h1-2,4,6-8,10-11H,3,5,9,12-13,24-25H2. The predicted octanol–water partition coefficient (Wildman–Crippen LogP) is 3.10. The van der Waals surface area contributed by atoms with Crippen molar-refractivity contribution in [3.05, 3.63) is 86.4 Å². The van der Waals surface area contributed by atoms with Gasteiger partial charge in [0.1, 0.15) is 5.82 Å². The zero-order valence-electron chi connectivity index (χ0n) is 15.4. The Morgan fingerprint density at radius 3 is 2.54 bits per heavy atom. The predicted molar refractivity (Wildman–Crippen MR) is 110 cm³/mol. The highest BCUT2D eigenvalue weighted by Gasteiger charge is 2.13. The summed E-state index contributed by atoms with van der Waals surface area (Å²) in [6, 6.07) is 13.7. The summed E-state index contributed by atoms with van der Waals surface area (Å²) in [4.78, 5) is 12.9. The second-order valence-electron chi connectivity index (χ2n) is 6.51. The maximum absolute atomic E-state index is 13.8. The summed E-state index contributed by atoms with van der Waals surface area (Å²) in [5.74, 6) is -0.362. The third-order valence-corrected chi connectivity index (χ3v) is 4.91. The van der Waals surface area contributed by atoms with Crippen LogP contribution in [0.4, 0.5) is 4.39 Å². The van der Waals surface area contributed by atoms with Crippen LogP contribution in [0.1, 0.15) is 23.1 Å². The van der Waals surface area contributed by atoms with Crippen LogP contribution in [0.3, 0.4) is 0 Å². The fourth-order valence-electron chi connectivity index (χ4n) is 3.00. The monoisotopic (exact) mass is 400 g/mol. The van der Waals surface area contributed by atoms with Crippen molar-refractivity contribution in [1.82, 2.24) is 9.78 Å². The molecule has 0 bridgehead atoms. The summed E-state index contributed by atoms with van der Waals surface area (Å²) in [5.41, 5.74) is 14.1. The zero-order chi connectivity index (χ0) is 20.1. The molecule has 1 heterocycles. The number of aryl methyl sites for hydroxylation is 1. The SMILES string of the molecule is NCCCc1cc(-c2ccc(F)c(CN)c2)nn(Cc2ccccc2Cl)c1=O. The van der Waals surface area contributed by atoms with Gasteiger partial charge in [0.15, 0.2) is 0 Å². The van der Waals surface area contributed by atoms with E-state index in [2.05, 4.69) is 5.10 Å². The lowest BCUT2D eigenvalue weighted by Crippen LogP contribution is -2.27. The van der Waals surface area contributed by atoms with Crippen LogP contribution in [-0.2, 0) is 19.5 Å². The van der Waals surface area contributed by atoms with Gasteiger partial charge in [-0.15, -0.1) is 0 Å². The first kappa shape index (κ1) is 20.2. The minimum atomic E-state index is -0.362. The van der Waals surface area contributed by atoms with E-state index in [0.29, 0.717) is 46.8 Å². The molecule has 0 atom stereocenters. The van der Waals surface area contributed by atoms with Crippen LogP contribution < -0.4 is 17.0 Å². The Kier molecular flexibility index (Phi) is 6.57. The van der Waals surface area contributed by atoms with Crippen molar-refractivity contribution in [3.8, 4) is 11.3 Å². The largest absolute Gasteiger partial charge is 0.330 e. The van der Waals surface area contributed by atoms with Gasteiger partial charge in [-0.25, -0.2) is 9.07 Å². The van der Waals surface area contributed by atoms with Crippen LogP contribution in [0, 0.1) is 5.82 Å². The van der Waals surface area contributed by atoms with Gasteiger partial charge < -0.3 is 11.5 Å². The van der Waals surface area contributed by atoms with Crippen LogP contribution in [0.2, 0.25) is 5.02 Å². The smallest absolute Gasteiger partial charge is 0.270 e. The molecule has 0 fully saturated rings. The summed E-state index contributed by atoms with van der Waals surface area (Å²) in [6.45, 7) is 0.807. The normalized spacial score (nSPS) is 11.0. The van der Waals surface area contributed by atoms with E-state index in [9.17, 15) is 9.18 Å². The highest BCUT2D eigenvalue weighted by atomic mass is 35.5. The first-order valence-corrected chi connectivity index (χ1v) is 9.44. The van der Waals surface area contributed by atoms with Crippen molar-refractivity contribution < 1.29 is 4.39 Å². The molecular formula is C21H22ClFN4O. The molecule has 0 aliphatic rings. The fourth-order valence-corrected chi connectivity index (χ4v) is 3.19. The number of hydrogen-bond donors (Lipinski definition) is 2. The number of nitrogens with two attached hydrogens (primary N) is 2. The van der Waals surface area contributed by atoms with Gasteiger partial charge in [-0.1, -0.05) is 29.8 Å². The minimum Gasteiger partial charge on any atom is -0.330 e. The second-order valence-corrected chi connectivity index (χ2v) is 6.92. The Hall–Kier alpha value is -2.54. The van der Waals surface area contributed by atoms with Crippen LogP contribution >= 0.6 is 11.6 Å².